The number of carbonyl (C=O) groups excluding carboxylic acids is 1. The lowest BCUT2D eigenvalue weighted by Crippen LogP contribution is -2.11. The lowest BCUT2D eigenvalue weighted by Gasteiger charge is -2.08. The van der Waals surface area contributed by atoms with Crippen LogP contribution in [-0.2, 0) is 7.05 Å². The van der Waals surface area contributed by atoms with Crippen LogP contribution in [0.15, 0.2) is 65.1 Å². The zero-order valence-corrected chi connectivity index (χ0v) is 17.6. The maximum absolute atomic E-state index is 13.3. The van der Waals surface area contributed by atoms with Gasteiger partial charge in [0.25, 0.3) is 5.91 Å². The highest BCUT2D eigenvalue weighted by atomic mass is 79.9. The second-order valence-corrected chi connectivity index (χ2v) is 7.73. The van der Waals surface area contributed by atoms with Crippen molar-refractivity contribution in [3.8, 4) is 0 Å². The van der Waals surface area contributed by atoms with Crippen molar-refractivity contribution in [2.45, 2.75) is 0 Å². The van der Waals surface area contributed by atoms with Gasteiger partial charge in [0.05, 0.1) is 21.7 Å². The molecule has 1 amide bonds. The fourth-order valence-corrected chi connectivity index (χ4v) is 3.38. The summed E-state index contributed by atoms with van der Waals surface area (Å²) in [5.41, 5.74) is 3.22. The molecular formula is C21H15BrClFN4O. The van der Waals surface area contributed by atoms with Gasteiger partial charge in [-0.2, -0.15) is 0 Å². The van der Waals surface area contributed by atoms with Gasteiger partial charge in [-0.15, -0.1) is 0 Å². The van der Waals surface area contributed by atoms with Crippen LogP contribution >= 0.6 is 27.5 Å². The van der Waals surface area contributed by atoms with Crippen LogP contribution in [0.3, 0.4) is 0 Å². The Bertz CT molecular complexity index is 1220. The highest BCUT2D eigenvalue weighted by Crippen LogP contribution is 2.28. The second-order valence-electron chi connectivity index (χ2n) is 6.41. The first-order valence-corrected chi connectivity index (χ1v) is 9.83. The molecule has 0 saturated heterocycles. The maximum Gasteiger partial charge on any atom is 0.255 e. The Labute approximate surface area is 179 Å². The lowest BCUT2D eigenvalue weighted by atomic mass is 10.2. The van der Waals surface area contributed by atoms with Crippen LogP contribution in [-0.4, -0.2) is 15.5 Å². The van der Waals surface area contributed by atoms with Crippen LogP contribution in [0.2, 0.25) is 5.02 Å². The summed E-state index contributed by atoms with van der Waals surface area (Å²) in [7, 11) is 1.84. The standard InChI is InChI=1S/C21H15BrClFN4O/c1-28-19-9-2-12(20(29)25-15-6-3-13(22)4-7-15)10-18(19)27-21(28)26-17-8-5-14(24)11-16(17)23/h2-11H,1H3,(H,25,29)(H,26,27). The average Bonchev–Trinajstić information content (AvgIpc) is 3.01. The van der Waals surface area contributed by atoms with E-state index in [1.807, 2.05) is 41.9 Å². The molecule has 0 fully saturated rings. The zero-order valence-electron chi connectivity index (χ0n) is 15.2. The fourth-order valence-electron chi connectivity index (χ4n) is 2.90. The molecule has 0 aliphatic heterocycles. The number of nitrogens with zero attached hydrogens (tertiary/aromatic N) is 2. The molecule has 2 N–H and O–H groups in total. The van der Waals surface area contributed by atoms with E-state index < -0.39 is 5.82 Å². The predicted molar refractivity (Wildman–Crippen MR) is 118 cm³/mol. The van der Waals surface area contributed by atoms with Gasteiger partial charge in [-0.1, -0.05) is 27.5 Å². The van der Waals surface area contributed by atoms with Gasteiger partial charge in [0, 0.05) is 22.8 Å². The van der Waals surface area contributed by atoms with E-state index in [0.717, 1.165) is 9.99 Å². The molecule has 146 valence electrons. The van der Waals surface area contributed by atoms with Gasteiger partial charge in [-0.3, -0.25) is 4.79 Å². The van der Waals surface area contributed by atoms with E-state index in [9.17, 15) is 9.18 Å². The minimum atomic E-state index is -0.410. The molecule has 8 heteroatoms. The van der Waals surface area contributed by atoms with Crippen molar-refractivity contribution in [3.63, 3.8) is 0 Å². The number of halogens is 3. The van der Waals surface area contributed by atoms with Crippen molar-refractivity contribution in [3.05, 3.63) is 81.5 Å². The van der Waals surface area contributed by atoms with E-state index in [1.165, 1.54) is 12.1 Å². The number of nitrogens with one attached hydrogen (secondary N) is 2. The number of carbonyl (C=O) groups is 1. The number of rotatable bonds is 4. The average molecular weight is 474 g/mol. The molecular weight excluding hydrogens is 459 g/mol. The molecule has 0 spiro atoms. The van der Waals surface area contributed by atoms with E-state index in [2.05, 4.69) is 31.5 Å². The van der Waals surface area contributed by atoms with Crippen molar-refractivity contribution in [1.82, 2.24) is 9.55 Å². The topological polar surface area (TPSA) is 59.0 Å². The van der Waals surface area contributed by atoms with Crippen LogP contribution < -0.4 is 10.6 Å². The summed E-state index contributed by atoms with van der Waals surface area (Å²) in [5.74, 6) is -0.109. The van der Waals surface area contributed by atoms with E-state index in [4.69, 9.17) is 11.6 Å². The molecule has 29 heavy (non-hydrogen) atoms. The van der Waals surface area contributed by atoms with Gasteiger partial charge in [0.2, 0.25) is 5.95 Å². The summed E-state index contributed by atoms with van der Waals surface area (Å²) >= 11 is 9.46. The molecule has 1 aromatic heterocycles. The Morgan fingerprint density at radius 1 is 1.10 bits per heavy atom. The van der Waals surface area contributed by atoms with Gasteiger partial charge in [0.1, 0.15) is 5.82 Å². The van der Waals surface area contributed by atoms with Crippen molar-refractivity contribution in [2.24, 2.45) is 7.05 Å². The number of hydrogen-bond donors (Lipinski definition) is 2. The summed E-state index contributed by atoms with van der Waals surface area (Å²) in [5, 5.41) is 6.22. The number of anilines is 3. The number of benzene rings is 3. The highest BCUT2D eigenvalue weighted by molar-refractivity contribution is 9.10. The number of aryl methyl sites for hydroxylation is 1. The quantitative estimate of drug-likeness (QED) is 0.375. The molecule has 0 aliphatic rings. The molecule has 0 saturated carbocycles. The third-order valence-electron chi connectivity index (χ3n) is 4.42. The van der Waals surface area contributed by atoms with Gasteiger partial charge >= 0.3 is 0 Å². The minimum Gasteiger partial charge on any atom is -0.324 e. The molecule has 4 aromatic rings. The molecule has 0 atom stereocenters. The first kappa shape index (κ1) is 19.4. The van der Waals surface area contributed by atoms with Crippen LogP contribution in [0, 0.1) is 5.82 Å². The number of aromatic nitrogens is 2. The molecule has 0 bridgehead atoms. The summed E-state index contributed by atoms with van der Waals surface area (Å²) in [4.78, 5) is 17.1. The summed E-state index contributed by atoms with van der Waals surface area (Å²) in [6.45, 7) is 0. The van der Waals surface area contributed by atoms with E-state index in [1.54, 1.807) is 18.2 Å². The largest absolute Gasteiger partial charge is 0.324 e. The zero-order chi connectivity index (χ0) is 20.5. The Hall–Kier alpha value is -2.90. The first-order valence-electron chi connectivity index (χ1n) is 8.66. The third kappa shape index (κ3) is 4.11. The third-order valence-corrected chi connectivity index (χ3v) is 5.26. The molecule has 1 heterocycles. The lowest BCUT2D eigenvalue weighted by molar-refractivity contribution is 0.102. The SMILES string of the molecule is Cn1c(Nc2ccc(F)cc2Cl)nc2cc(C(=O)Nc3ccc(Br)cc3)ccc21. The van der Waals surface area contributed by atoms with Gasteiger partial charge < -0.3 is 15.2 Å². The van der Waals surface area contributed by atoms with Gasteiger partial charge in [0.15, 0.2) is 0 Å². The van der Waals surface area contributed by atoms with Crippen molar-refractivity contribution in [2.75, 3.05) is 10.6 Å². The Morgan fingerprint density at radius 3 is 2.59 bits per heavy atom. The van der Waals surface area contributed by atoms with Crippen LogP contribution in [0.5, 0.6) is 0 Å². The summed E-state index contributed by atoms with van der Waals surface area (Å²) in [6, 6.07) is 16.7. The fraction of sp³-hybridized carbons (Fsp3) is 0.0476. The predicted octanol–water partition coefficient (Wildman–Crippen LogP) is 6.12. The monoisotopic (exact) mass is 472 g/mol. The molecule has 5 nitrogen and oxygen atoms in total. The van der Waals surface area contributed by atoms with Crippen molar-refractivity contribution >= 4 is 61.8 Å². The summed E-state index contributed by atoms with van der Waals surface area (Å²) in [6.07, 6.45) is 0. The maximum atomic E-state index is 13.3. The Kier molecular flexibility index (Phi) is 5.25. The van der Waals surface area contributed by atoms with Gasteiger partial charge in [-0.05, 0) is 60.7 Å². The number of amides is 1. The van der Waals surface area contributed by atoms with Crippen molar-refractivity contribution < 1.29 is 9.18 Å². The Morgan fingerprint density at radius 2 is 1.86 bits per heavy atom. The minimum absolute atomic E-state index is 0.226. The van der Waals surface area contributed by atoms with E-state index in [-0.39, 0.29) is 10.9 Å². The number of hydrogen-bond acceptors (Lipinski definition) is 3. The molecule has 0 aliphatic carbocycles. The van der Waals surface area contributed by atoms with Crippen LogP contribution in [0.25, 0.3) is 11.0 Å². The van der Waals surface area contributed by atoms with Gasteiger partial charge in [-0.25, -0.2) is 9.37 Å². The van der Waals surface area contributed by atoms with Crippen LogP contribution in [0.4, 0.5) is 21.7 Å². The first-order chi connectivity index (χ1) is 13.9. The molecule has 4 rings (SSSR count). The van der Waals surface area contributed by atoms with E-state index >= 15 is 0 Å². The highest BCUT2D eigenvalue weighted by Gasteiger charge is 2.13. The van der Waals surface area contributed by atoms with Crippen LogP contribution in [0.1, 0.15) is 10.4 Å². The molecule has 0 unspecified atom stereocenters. The number of fused-ring (bicyclic) bond motifs is 1. The van der Waals surface area contributed by atoms with Crippen molar-refractivity contribution in [1.29, 1.82) is 0 Å². The normalized spacial score (nSPS) is 10.9. The smallest absolute Gasteiger partial charge is 0.255 e. The summed E-state index contributed by atoms with van der Waals surface area (Å²) < 4.78 is 16.0. The van der Waals surface area contributed by atoms with E-state index in [0.29, 0.717) is 28.4 Å². The second kappa shape index (κ2) is 7.85. The Balaban J connectivity index is 1.61. The molecule has 3 aromatic carbocycles. The molecule has 0 radical (unpaired) electrons. The number of imidazole rings is 1.